The number of hydrogen-bond donors (Lipinski definition) is 1. The monoisotopic (exact) mass is 340 g/mol. The highest BCUT2D eigenvalue weighted by Crippen LogP contribution is 2.32. The van der Waals surface area contributed by atoms with Crippen LogP contribution in [0.25, 0.3) is 0 Å². The third-order valence-electron chi connectivity index (χ3n) is 4.96. The lowest BCUT2D eigenvalue weighted by atomic mass is 9.84. The number of phenols is 1. The predicted molar refractivity (Wildman–Crippen MR) is 105 cm³/mol. The summed E-state index contributed by atoms with van der Waals surface area (Å²) >= 11 is 0. The Kier molecular flexibility index (Phi) is 8.00. The zero-order valence-corrected chi connectivity index (χ0v) is 15.9. The second-order valence-electron chi connectivity index (χ2n) is 6.98. The Morgan fingerprint density at radius 1 is 0.920 bits per heavy atom. The third-order valence-corrected chi connectivity index (χ3v) is 4.96. The van der Waals surface area contributed by atoms with E-state index in [4.69, 9.17) is 4.74 Å². The standard InChI is InChI=1S/C23H32O2/c1-4-6-15-25-17-19-7-9-22(10-8-19)20(5-2)16-18(3)21-11-13-23(24)14-12-21/h7-14,18,20,24H,4-6,15-17H2,1-3H3. The molecular formula is C23H32O2. The maximum absolute atomic E-state index is 9.45. The van der Waals surface area contributed by atoms with Crippen LogP contribution in [0.3, 0.4) is 0 Å². The highest BCUT2D eigenvalue weighted by Gasteiger charge is 2.15. The fourth-order valence-electron chi connectivity index (χ4n) is 3.23. The first-order chi connectivity index (χ1) is 12.1. The van der Waals surface area contributed by atoms with Gasteiger partial charge in [0, 0.05) is 6.61 Å². The minimum absolute atomic E-state index is 0.333. The summed E-state index contributed by atoms with van der Waals surface area (Å²) in [4.78, 5) is 0. The van der Waals surface area contributed by atoms with E-state index >= 15 is 0 Å². The number of aromatic hydroxyl groups is 1. The molecule has 136 valence electrons. The van der Waals surface area contributed by atoms with Gasteiger partial charge in [-0.15, -0.1) is 0 Å². The van der Waals surface area contributed by atoms with E-state index in [1.54, 1.807) is 12.1 Å². The van der Waals surface area contributed by atoms with E-state index < -0.39 is 0 Å². The largest absolute Gasteiger partial charge is 0.508 e. The van der Waals surface area contributed by atoms with Gasteiger partial charge in [0.05, 0.1) is 6.61 Å². The molecule has 0 heterocycles. The lowest BCUT2D eigenvalue weighted by Crippen LogP contribution is -2.04. The van der Waals surface area contributed by atoms with Gasteiger partial charge in [-0.2, -0.15) is 0 Å². The molecule has 2 unspecified atom stereocenters. The van der Waals surface area contributed by atoms with E-state index in [2.05, 4.69) is 45.0 Å². The van der Waals surface area contributed by atoms with Crippen molar-refractivity contribution in [3.05, 3.63) is 65.2 Å². The van der Waals surface area contributed by atoms with Crippen LogP contribution in [0.15, 0.2) is 48.5 Å². The molecule has 0 saturated heterocycles. The van der Waals surface area contributed by atoms with E-state index in [9.17, 15) is 5.11 Å². The molecule has 2 rings (SSSR count). The van der Waals surface area contributed by atoms with Gasteiger partial charge < -0.3 is 9.84 Å². The van der Waals surface area contributed by atoms with Crippen LogP contribution in [-0.2, 0) is 11.3 Å². The van der Waals surface area contributed by atoms with Gasteiger partial charge in [0.1, 0.15) is 5.75 Å². The molecule has 0 radical (unpaired) electrons. The quantitative estimate of drug-likeness (QED) is 0.507. The number of rotatable bonds is 10. The van der Waals surface area contributed by atoms with Crippen LogP contribution in [0.2, 0.25) is 0 Å². The van der Waals surface area contributed by atoms with Gasteiger partial charge in [-0.1, -0.05) is 63.6 Å². The van der Waals surface area contributed by atoms with Crippen molar-refractivity contribution in [1.82, 2.24) is 0 Å². The molecule has 0 bridgehead atoms. The molecule has 0 spiro atoms. The Morgan fingerprint density at radius 2 is 1.56 bits per heavy atom. The highest BCUT2D eigenvalue weighted by molar-refractivity contribution is 5.29. The predicted octanol–water partition coefficient (Wildman–Crippen LogP) is 6.40. The van der Waals surface area contributed by atoms with Crippen molar-refractivity contribution in [3.8, 4) is 5.75 Å². The van der Waals surface area contributed by atoms with E-state index in [0.29, 0.717) is 24.2 Å². The molecule has 0 aromatic heterocycles. The molecule has 2 aromatic rings. The normalized spacial score (nSPS) is 13.6. The number of unbranched alkanes of at least 4 members (excludes halogenated alkanes) is 1. The number of benzene rings is 2. The zero-order chi connectivity index (χ0) is 18.1. The van der Waals surface area contributed by atoms with Crippen molar-refractivity contribution in [2.45, 2.75) is 64.9 Å². The zero-order valence-electron chi connectivity index (χ0n) is 15.9. The summed E-state index contributed by atoms with van der Waals surface area (Å²) in [5, 5.41) is 9.45. The van der Waals surface area contributed by atoms with Gasteiger partial charge in [-0.3, -0.25) is 0 Å². The maximum atomic E-state index is 9.45. The average Bonchev–Trinajstić information content (AvgIpc) is 2.64. The molecule has 0 aliphatic heterocycles. The molecule has 0 fully saturated rings. The maximum Gasteiger partial charge on any atom is 0.115 e. The average molecular weight is 341 g/mol. The van der Waals surface area contributed by atoms with Gasteiger partial charge in [-0.05, 0) is 59.9 Å². The van der Waals surface area contributed by atoms with Gasteiger partial charge >= 0.3 is 0 Å². The summed E-state index contributed by atoms with van der Waals surface area (Å²) in [5.74, 6) is 1.36. The van der Waals surface area contributed by atoms with E-state index in [0.717, 1.165) is 25.9 Å². The molecule has 25 heavy (non-hydrogen) atoms. The van der Waals surface area contributed by atoms with Gasteiger partial charge in [0.2, 0.25) is 0 Å². The Labute approximate surface area is 152 Å². The second kappa shape index (κ2) is 10.2. The summed E-state index contributed by atoms with van der Waals surface area (Å²) in [6, 6.07) is 16.5. The summed E-state index contributed by atoms with van der Waals surface area (Å²) < 4.78 is 5.70. The van der Waals surface area contributed by atoms with Crippen LogP contribution in [0.1, 0.15) is 75.0 Å². The second-order valence-corrected chi connectivity index (χ2v) is 6.98. The Hall–Kier alpha value is -1.80. The molecule has 0 saturated carbocycles. The summed E-state index contributed by atoms with van der Waals surface area (Å²) in [6.07, 6.45) is 4.56. The van der Waals surface area contributed by atoms with Gasteiger partial charge in [0.25, 0.3) is 0 Å². The SMILES string of the molecule is CCCCOCc1ccc(C(CC)CC(C)c2ccc(O)cc2)cc1. The van der Waals surface area contributed by atoms with Crippen LogP contribution in [0, 0.1) is 0 Å². The van der Waals surface area contributed by atoms with E-state index in [-0.39, 0.29) is 0 Å². The fourth-order valence-corrected chi connectivity index (χ4v) is 3.23. The van der Waals surface area contributed by atoms with Gasteiger partial charge in [0.15, 0.2) is 0 Å². The first kappa shape index (κ1) is 19.5. The molecule has 1 N–H and O–H groups in total. The summed E-state index contributed by atoms with van der Waals surface area (Å²) in [7, 11) is 0. The highest BCUT2D eigenvalue weighted by atomic mass is 16.5. The lowest BCUT2D eigenvalue weighted by Gasteiger charge is -2.21. The molecule has 2 heteroatoms. The first-order valence-electron chi connectivity index (χ1n) is 9.59. The van der Waals surface area contributed by atoms with Crippen LogP contribution >= 0.6 is 0 Å². The van der Waals surface area contributed by atoms with Crippen molar-refractivity contribution in [3.63, 3.8) is 0 Å². The number of hydrogen-bond acceptors (Lipinski definition) is 2. The third kappa shape index (κ3) is 6.21. The van der Waals surface area contributed by atoms with Crippen LogP contribution in [0.4, 0.5) is 0 Å². The smallest absolute Gasteiger partial charge is 0.115 e. The minimum Gasteiger partial charge on any atom is -0.508 e. The number of ether oxygens (including phenoxy) is 1. The van der Waals surface area contributed by atoms with Crippen molar-refractivity contribution < 1.29 is 9.84 Å². The number of phenolic OH excluding ortho intramolecular Hbond substituents is 1. The van der Waals surface area contributed by atoms with Gasteiger partial charge in [-0.25, -0.2) is 0 Å². The molecule has 0 aliphatic rings. The van der Waals surface area contributed by atoms with Crippen molar-refractivity contribution in [1.29, 1.82) is 0 Å². The van der Waals surface area contributed by atoms with Crippen LogP contribution < -0.4 is 0 Å². The topological polar surface area (TPSA) is 29.5 Å². The van der Waals surface area contributed by atoms with Crippen LogP contribution in [-0.4, -0.2) is 11.7 Å². The molecular weight excluding hydrogens is 308 g/mol. The van der Waals surface area contributed by atoms with Crippen molar-refractivity contribution in [2.24, 2.45) is 0 Å². The Bertz CT molecular complexity index is 601. The van der Waals surface area contributed by atoms with Crippen molar-refractivity contribution in [2.75, 3.05) is 6.61 Å². The summed E-state index contributed by atoms with van der Waals surface area (Å²) in [6.45, 7) is 8.27. The first-order valence-corrected chi connectivity index (χ1v) is 9.59. The minimum atomic E-state index is 0.333. The Balaban J connectivity index is 1.94. The van der Waals surface area contributed by atoms with Crippen LogP contribution in [0.5, 0.6) is 5.75 Å². The fraction of sp³-hybridized carbons (Fsp3) is 0.478. The molecule has 0 amide bonds. The lowest BCUT2D eigenvalue weighted by molar-refractivity contribution is 0.118. The molecule has 2 atom stereocenters. The van der Waals surface area contributed by atoms with E-state index in [1.807, 2.05) is 12.1 Å². The molecule has 2 nitrogen and oxygen atoms in total. The van der Waals surface area contributed by atoms with Crippen molar-refractivity contribution >= 4 is 0 Å². The molecule has 0 aliphatic carbocycles. The van der Waals surface area contributed by atoms with E-state index in [1.165, 1.54) is 23.1 Å². The Morgan fingerprint density at radius 3 is 2.16 bits per heavy atom. The summed E-state index contributed by atoms with van der Waals surface area (Å²) in [5.41, 5.74) is 3.95. The molecule has 2 aromatic carbocycles.